The molecule has 0 saturated carbocycles. The number of nitrogens with one attached hydrogen (secondary N) is 2. The number of nitrogens with zero attached hydrogens (tertiary/aromatic N) is 1. The molecule has 9 nitrogen and oxygen atoms in total. The number of nitro benzene ring substituents is 1. The van der Waals surface area contributed by atoms with Gasteiger partial charge in [0.05, 0.1) is 22.5 Å². The zero-order chi connectivity index (χ0) is 25.2. The van der Waals surface area contributed by atoms with Crippen molar-refractivity contribution in [1.82, 2.24) is 0 Å². The molecule has 3 aromatic rings. The van der Waals surface area contributed by atoms with Gasteiger partial charge in [0.25, 0.3) is 17.5 Å². The van der Waals surface area contributed by atoms with E-state index in [1.807, 2.05) is 26.0 Å². The molecule has 2 amide bonds. The van der Waals surface area contributed by atoms with E-state index in [1.165, 1.54) is 19.2 Å². The SMILES string of the molecule is COC(=O)c1c(NC(=O)c2ccc(C)c([N+](=O)[O-])c2)sc(C(=O)Nc2cccc(C)c2C)c1C. The molecule has 2 N–H and O–H groups in total. The van der Waals surface area contributed by atoms with Gasteiger partial charge >= 0.3 is 5.97 Å². The van der Waals surface area contributed by atoms with Crippen LogP contribution in [-0.2, 0) is 4.74 Å². The van der Waals surface area contributed by atoms with Crippen molar-refractivity contribution in [3.8, 4) is 0 Å². The Morgan fingerprint density at radius 1 is 0.941 bits per heavy atom. The standard InChI is InChI=1S/C24H23N3O6S/c1-12-7-6-8-17(14(12)3)25-22(29)20-15(4)19(24(30)33-5)23(34-20)26-21(28)16-10-9-13(2)18(11-16)27(31)32/h6-11H,1-5H3,(H,25,29)(H,26,28). The van der Waals surface area contributed by atoms with Crippen LogP contribution in [0.2, 0.25) is 0 Å². The minimum absolute atomic E-state index is 0.0422. The van der Waals surface area contributed by atoms with E-state index in [4.69, 9.17) is 4.74 Å². The van der Waals surface area contributed by atoms with Gasteiger partial charge in [-0.1, -0.05) is 18.2 Å². The monoisotopic (exact) mass is 481 g/mol. The van der Waals surface area contributed by atoms with E-state index in [1.54, 1.807) is 19.9 Å². The smallest absolute Gasteiger partial charge is 0.341 e. The Hall–Kier alpha value is -4.05. The fourth-order valence-electron chi connectivity index (χ4n) is 3.35. The Bertz CT molecular complexity index is 1330. The normalized spacial score (nSPS) is 10.5. The number of hydrogen-bond acceptors (Lipinski definition) is 7. The molecular formula is C24H23N3O6S. The summed E-state index contributed by atoms with van der Waals surface area (Å²) in [4.78, 5) is 49.2. The number of thiophene rings is 1. The number of esters is 1. The van der Waals surface area contributed by atoms with Crippen LogP contribution in [0.25, 0.3) is 0 Å². The number of benzene rings is 2. The lowest BCUT2D eigenvalue weighted by molar-refractivity contribution is -0.385. The first-order valence-corrected chi connectivity index (χ1v) is 11.0. The highest BCUT2D eigenvalue weighted by Crippen LogP contribution is 2.35. The molecule has 0 aliphatic carbocycles. The fraction of sp³-hybridized carbons (Fsp3) is 0.208. The number of ether oxygens (including phenoxy) is 1. The first kappa shape index (κ1) is 24.6. The van der Waals surface area contributed by atoms with Gasteiger partial charge < -0.3 is 15.4 Å². The number of carbonyl (C=O) groups is 3. The number of nitro groups is 1. The van der Waals surface area contributed by atoms with E-state index in [0.29, 0.717) is 16.8 Å². The number of anilines is 2. The van der Waals surface area contributed by atoms with E-state index in [9.17, 15) is 24.5 Å². The molecule has 0 fully saturated rings. The third-order valence-corrected chi connectivity index (χ3v) is 6.70. The van der Waals surface area contributed by atoms with E-state index in [0.717, 1.165) is 28.5 Å². The summed E-state index contributed by atoms with van der Waals surface area (Å²) in [6.07, 6.45) is 0. The zero-order valence-electron chi connectivity index (χ0n) is 19.3. The van der Waals surface area contributed by atoms with Gasteiger partial charge in [0.15, 0.2) is 0 Å². The predicted molar refractivity (Wildman–Crippen MR) is 130 cm³/mol. The summed E-state index contributed by atoms with van der Waals surface area (Å²) in [6, 6.07) is 9.61. The quantitative estimate of drug-likeness (QED) is 0.284. The van der Waals surface area contributed by atoms with Gasteiger partial charge in [-0.05, 0) is 56.5 Å². The van der Waals surface area contributed by atoms with E-state index in [-0.39, 0.29) is 26.7 Å². The summed E-state index contributed by atoms with van der Waals surface area (Å²) in [7, 11) is 1.20. The maximum absolute atomic E-state index is 13.0. The van der Waals surface area contributed by atoms with Gasteiger partial charge in [-0.15, -0.1) is 11.3 Å². The highest BCUT2D eigenvalue weighted by atomic mass is 32.1. The highest BCUT2D eigenvalue weighted by Gasteiger charge is 2.27. The Morgan fingerprint density at radius 2 is 1.65 bits per heavy atom. The molecule has 0 unspecified atom stereocenters. The molecule has 0 saturated heterocycles. The minimum atomic E-state index is -0.718. The molecule has 0 radical (unpaired) electrons. The van der Waals surface area contributed by atoms with Gasteiger partial charge in [-0.2, -0.15) is 0 Å². The number of hydrogen-bond donors (Lipinski definition) is 2. The lowest BCUT2D eigenvalue weighted by Crippen LogP contribution is -2.15. The Balaban J connectivity index is 1.97. The minimum Gasteiger partial charge on any atom is -0.465 e. The third-order valence-electron chi connectivity index (χ3n) is 5.49. The van der Waals surface area contributed by atoms with Crippen LogP contribution in [0.4, 0.5) is 16.4 Å². The summed E-state index contributed by atoms with van der Waals surface area (Å²) < 4.78 is 4.85. The molecular weight excluding hydrogens is 458 g/mol. The van der Waals surface area contributed by atoms with Crippen molar-refractivity contribution in [2.45, 2.75) is 27.7 Å². The molecule has 1 aromatic heterocycles. The van der Waals surface area contributed by atoms with Crippen LogP contribution in [0.15, 0.2) is 36.4 Å². The largest absolute Gasteiger partial charge is 0.465 e. The van der Waals surface area contributed by atoms with E-state index < -0.39 is 22.7 Å². The van der Waals surface area contributed by atoms with Crippen molar-refractivity contribution in [3.63, 3.8) is 0 Å². The number of aryl methyl sites for hydroxylation is 2. The van der Waals surface area contributed by atoms with Crippen molar-refractivity contribution in [3.05, 3.63) is 84.8 Å². The summed E-state index contributed by atoms with van der Waals surface area (Å²) in [5.41, 5.74) is 3.21. The maximum atomic E-state index is 13.0. The molecule has 0 spiro atoms. The Labute approximate surface area is 199 Å². The summed E-state index contributed by atoms with van der Waals surface area (Å²) in [5.74, 6) is -1.81. The van der Waals surface area contributed by atoms with E-state index in [2.05, 4.69) is 10.6 Å². The number of carbonyl (C=O) groups excluding carboxylic acids is 3. The summed E-state index contributed by atoms with van der Waals surface area (Å²) >= 11 is 0.925. The van der Waals surface area contributed by atoms with E-state index >= 15 is 0 Å². The van der Waals surface area contributed by atoms with Crippen molar-refractivity contribution >= 4 is 45.5 Å². The fourth-order valence-corrected chi connectivity index (χ4v) is 4.44. The number of amides is 2. The molecule has 2 aromatic carbocycles. The van der Waals surface area contributed by atoms with Crippen LogP contribution in [0.1, 0.15) is 52.6 Å². The Kier molecular flexibility index (Phi) is 7.11. The number of rotatable bonds is 6. The van der Waals surface area contributed by atoms with Crippen molar-refractivity contribution in [1.29, 1.82) is 0 Å². The third kappa shape index (κ3) is 4.81. The molecule has 176 valence electrons. The first-order chi connectivity index (χ1) is 16.0. The zero-order valence-corrected chi connectivity index (χ0v) is 20.1. The summed E-state index contributed by atoms with van der Waals surface area (Å²) in [5, 5.41) is 16.8. The first-order valence-electron chi connectivity index (χ1n) is 10.2. The van der Waals surface area contributed by atoms with Gasteiger partial charge in [0.1, 0.15) is 5.00 Å². The van der Waals surface area contributed by atoms with Crippen molar-refractivity contribution < 1.29 is 24.0 Å². The average molecular weight is 482 g/mol. The lowest BCUT2D eigenvalue weighted by atomic mass is 10.1. The molecule has 34 heavy (non-hydrogen) atoms. The second-order valence-electron chi connectivity index (χ2n) is 7.67. The molecule has 0 aliphatic heterocycles. The molecule has 0 atom stereocenters. The molecule has 0 aliphatic rings. The second-order valence-corrected chi connectivity index (χ2v) is 8.69. The van der Waals surface area contributed by atoms with Crippen LogP contribution in [0.5, 0.6) is 0 Å². The van der Waals surface area contributed by atoms with Crippen LogP contribution in [0.3, 0.4) is 0 Å². The van der Waals surface area contributed by atoms with Crippen molar-refractivity contribution in [2.24, 2.45) is 0 Å². The van der Waals surface area contributed by atoms with Gasteiger partial charge in [0, 0.05) is 22.9 Å². The topological polar surface area (TPSA) is 128 Å². The maximum Gasteiger partial charge on any atom is 0.341 e. The van der Waals surface area contributed by atoms with Crippen LogP contribution in [-0.4, -0.2) is 29.8 Å². The van der Waals surface area contributed by atoms with Gasteiger partial charge in [-0.3, -0.25) is 19.7 Å². The molecule has 0 bridgehead atoms. The Morgan fingerprint density at radius 3 is 2.29 bits per heavy atom. The highest BCUT2D eigenvalue weighted by molar-refractivity contribution is 7.19. The molecule has 3 rings (SSSR count). The number of methoxy groups -OCH3 is 1. The van der Waals surface area contributed by atoms with Gasteiger partial charge in [-0.25, -0.2) is 4.79 Å². The van der Waals surface area contributed by atoms with Crippen LogP contribution in [0, 0.1) is 37.8 Å². The molecule has 10 heteroatoms. The predicted octanol–water partition coefficient (Wildman–Crippen LogP) is 5.18. The molecule has 1 heterocycles. The second kappa shape index (κ2) is 9.84. The van der Waals surface area contributed by atoms with Crippen molar-refractivity contribution in [2.75, 3.05) is 17.7 Å². The lowest BCUT2D eigenvalue weighted by Gasteiger charge is -2.10. The van der Waals surface area contributed by atoms with Gasteiger partial charge in [0.2, 0.25) is 0 Å². The van der Waals surface area contributed by atoms with Crippen LogP contribution < -0.4 is 10.6 Å². The summed E-state index contributed by atoms with van der Waals surface area (Å²) in [6.45, 7) is 6.98. The average Bonchev–Trinajstić information content (AvgIpc) is 3.12. The van der Waals surface area contributed by atoms with Crippen LogP contribution >= 0.6 is 11.3 Å².